The Morgan fingerprint density at radius 1 is 1.21 bits per heavy atom. The average molecular weight is 266 g/mol. The number of carbonyl (C=O) groups excluding carboxylic acids is 1. The van der Waals surface area contributed by atoms with E-state index in [1.165, 1.54) is 0 Å². The molecule has 3 rings (SSSR count). The maximum Gasteiger partial charge on any atom is 0.310 e. The molecule has 1 fully saturated rings. The molecule has 1 aromatic rings. The number of nitrogens with one attached hydrogen (secondary N) is 1. The van der Waals surface area contributed by atoms with Crippen molar-refractivity contribution in [2.45, 2.75) is 18.8 Å². The molecular weight excluding hydrogens is 250 g/mol. The van der Waals surface area contributed by atoms with Gasteiger partial charge in [0.25, 0.3) is 0 Å². The summed E-state index contributed by atoms with van der Waals surface area (Å²) in [6.45, 7) is 3.12. The zero-order valence-corrected chi connectivity index (χ0v) is 10.6. The van der Waals surface area contributed by atoms with Crippen molar-refractivity contribution in [3.63, 3.8) is 0 Å². The third kappa shape index (κ3) is 2.12. The van der Waals surface area contributed by atoms with Crippen molar-refractivity contribution >= 4 is 11.5 Å². The molecule has 1 saturated heterocycles. The fourth-order valence-corrected chi connectivity index (χ4v) is 2.81. The third-order valence-corrected chi connectivity index (χ3v) is 3.85. The summed E-state index contributed by atoms with van der Waals surface area (Å²) < 4.78 is 27.3. The summed E-state index contributed by atoms with van der Waals surface area (Å²) in [4.78, 5) is 14.0. The molecule has 0 saturated carbocycles. The van der Waals surface area contributed by atoms with Gasteiger partial charge in [-0.2, -0.15) is 8.78 Å². The molecule has 0 amide bonds. The lowest BCUT2D eigenvalue weighted by atomic mass is 9.86. The van der Waals surface area contributed by atoms with E-state index in [0.717, 1.165) is 31.7 Å². The second kappa shape index (κ2) is 4.56. The van der Waals surface area contributed by atoms with E-state index >= 15 is 0 Å². The van der Waals surface area contributed by atoms with Crippen LogP contribution in [0.15, 0.2) is 18.2 Å². The number of aryl methyl sites for hydroxylation is 1. The summed E-state index contributed by atoms with van der Waals surface area (Å²) in [5, 5.41) is 3.22. The number of hydrogen-bond donors (Lipinski definition) is 1. The monoisotopic (exact) mass is 266 g/mol. The van der Waals surface area contributed by atoms with Crippen molar-refractivity contribution in [3.05, 3.63) is 29.3 Å². The minimum atomic E-state index is -3.21. The van der Waals surface area contributed by atoms with Gasteiger partial charge in [-0.25, -0.2) is 0 Å². The average Bonchev–Trinajstić information content (AvgIpc) is 2.44. The molecule has 1 N–H and O–H groups in total. The van der Waals surface area contributed by atoms with Gasteiger partial charge in [-0.05, 0) is 18.1 Å². The van der Waals surface area contributed by atoms with E-state index in [4.69, 9.17) is 0 Å². The van der Waals surface area contributed by atoms with Crippen LogP contribution in [-0.4, -0.2) is 37.9 Å². The van der Waals surface area contributed by atoms with E-state index < -0.39 is 11.7 Å². The van der Waals surface area contributed by atoms with E-state index in [1.807, 2.05) is 11.0 Å². The molecule has 1 aromatic carbocycles. The van der Waals surface area contributed by atoms with Gasteiger partial charge in [0.15, 0.2) is 0 Å². The summed E-state index contributed by atoms with van der Waals surface area (Å²) in [6, 6.07) is 5.42. The Morgan fingerprint density at radius 2 is 1.95 bits per heavy atom. The first-order valence-electron chi connectivity index (χ1n) is 6.60. The van der Waals surface area contributed by atoms with Crippen molar-refractivity contribution in [2.75, 3.05) is 31.1 Å². The number of anilines is 1. The fourth-order valence-electron chi connectivity index (χ4n) is 2.81. The fraction of sp³-hybridized carbons (Fsp3) is 0.500. The van der Waals surface area contributed by atoms with Gasteiger partial charge in [0.1, 0.15) is 0 Å². The Hall–Kier alpha value is -1.49. The minimum Gasteiger partial charge on any atom is -0.368 e. The third-order valence-electron chi connectivity index (χ3n) is 3.85. The number of alkyl halides is 2. The normalized spacial score (nSPS) is 22.2. The van der Waals surface area contributed by atoms with Crippen molar-refractivity contribution in [3.8, 4) is 0 Å². The van der Waals surface area contributed by atoms with Crippen LogP contribution in [-0.2, 0) is 6.42 Å². The second-order valence-corrected chi connectivity index (χ2v) is 5.08. The molecule has 2 aliphatic rings. The number of carbonyl (C=O) groups is 1. The van der Waals surface area contributed by atoms with Gasteiger partial charge in [0.2, 0.25) is 5.78 Å². The zero-order chi connectivity index (χ0) is 13.5. The molecule has 0 unspecified atom stereocenters. The van der Waals surface area contributed by atoms with Crippen LogP contribution in [0.4, 0.5) is 14.5 Å². The quantitative estimate of drug-likeness (QED) is 0.842. The molecule has 3 nitrogen and oxygen atoms in total. The number of piperazine rings is 1. The van der Waals surface area contributed by atoms with E-state index in [-0.39, 0.29) is 18.4 Å². The van der Waals surface area contributed by atoms with E-state index in [9.17, 15) is 13.6 Å². The molecule has 19 heavy (non-hydrogen) atoms. The van der Waals surface area contributed by atoms with Crippen LogP contribution in [0.2, 0.25) is 0 Å². The number of Topliss-reactive ketones (excluding diaryl/α,β-unsaturated/α-hetero) is 1. The largest absolute Gasteiger partial charge is 0.368 e. The van der Waals surface area contributed by atoms with Crippen LogP contribution in [0.25, 0.3) is 0 Å². The van der Waals surface area contributed by atoms with Gasteiger partial charge >= 0.3 is 5.92 Å². The molecule has 0 aromatic heterocycles. The second-order valence-electron chi connectivity index (χ2n) is 5.08. The molecule has 5 heteroatoms. The number of nitrogens with zero attached hydrogens (tertiary/aromatic N) is 1. The topological polar surface area (TPSA) is 32.3 Å². The van der Waals surface area contributed by atoms with Crippen LogP contribution in [0.5, 0.6) is 0 Å². The van der Waals surface area contributed by atoms with Gasteiger partial charge in [-0.1, -0.05) is 12.1 Å². The molecule has 1 aliphatic heterocycles. The Labute approximate surface area is 110 Å². The molecule has 0 spiro atoms. The molecule has 1 heterocycles. The summed E-state index contributed by atoms with van der Waals surface area (Å²) in [5.74, 6) is -4.22. The van der Waals surface area contributed by atoms with E-state index in [1.54, 1.807) is 12.1 Å². The first-order chi connectivity index (χ1) is 9.09. The minimum absolute atomic E-state index is 0.237. The van der Waals surface area contributed by atoms with Gasteiger partial charge in [-0.15, -0.1) is 0 Å². The Bertz CT molecular complexity index is 510. The SMILES string of the molecule is O=C1c2c(cccc2N2CCNCC2)CCC1(F)F. The first kappa shape index (κ1) is 12.5. The van der Waals surface area contributed by atoms with Crippen molar-refractivity contribution < 1.29 is 13.6 Å². The molecule has 0 radical (unpaired) electrons. The molecule has 0 bridgehead atoms. The lowest BCUT2D eigenvalue weighted by molar-refractivity contribution is 0.00209. The van der Waals surface area contributed by atoms with Crippen LogP contribution in [0.3, 0.4) is 0 Å². The van der Waals surface area contributed by atoms with E-state index in [0.29, 0.717) is 5.69 Å². The number of ketones is 1. The summed E-state index contributed by atoms with van der Waals surface area (Å²) in [6.07, 6.45) is -0.0994. The van der Waals surface area contributed by atoms with Gasteiger partial charge in [0, 0.05) is 38.3 Å². The van der Waals surface area contributed by atoms with Crippen molar-refractivity contribution in [1.29, 1.82) is 0 Å². The molecule has 1 aliphatic carbocycles. The van der Waals surface area contributed by atoms with Gasteiger partial charge in [-0.3, -0.25) is 4.79 Å². The van der Waals surface area contributed by atoms with E-state index in [2.05, 4.69) is 5.32 Å². The Morgan fingerprint density at radius 3 is 2.68 bits per heavy atom. The standard InChI is InChI=1S/C14H16F2N2O/c15-14(16)5-4-10-2-1-3-11(12(10)13(14)19)18-8-6-17-7-9-18/h1-3,17H,4-9H2. The lowest BCUT2D eigenvalue weighted by Crippen LogP contribution is -2.45. The molecular formula is C14H16F2N2O. The highest BCUT2D eigenvalue weighted by atomic mass is 19.3. The number of rotatable bonds is 1. The molecule has 102 valence electrons. The van der Waals surface area contributed by atoms with Crippen LogP contribution in [0, 0.1) is 0 Å². The number of fused-ring (bicyclic) bond motifs is 1. The zero-order valence-electron chi connectivity index (χ0n) is 10.6. The van der Waals surface area contributed by atoms with Gasteiger partial charge < -0.3 is 10.2 Å². The predicted molar refractivity (Wildman–Crippen MR) is 69.1 cm³/mol. The lowest BCUT2D eigenvalue weighted by Gasteiger charge is -2.33. The summed E-state index contributed by atoms with van der Waals surface area (Å²) in [7, 11) is 0. The predicted octanol–water partition coefficient (Wildman–Crippen LogP) is 1.86. The smallest absolute Gasteiger partial charge is 0.310 e. The maximum absolute atomic E-state index is 13.6. The number of hydrogen-bond acceptors (Lipinski definition) is 3. The highest BCUT2D eigenvalue weighted by Crippen LogP contribution is 2.37. The first-order valence-corrected chi connectivity index (χ1v) is 6.60. The van der Waals surface area contributed by atoms with Crippen LogP contribution >= 0.6 is 0 Å². The van der Waals surface area contributed by atoms with Crippen LogP contribution < -0.4 is 10.2 Å². The molecule has 0 atom stereocenters. The maximum atomic E-state index is 13.6. The highest BCUT2D eigenvalue weighted by Gasteiger charge is 2.44. The highest BCUT2D eigenvalue weighted by molar-refractivity contribution is 6.08. The number of benzene rings is 1. The van der Waals surface area contributed by atoms with Crippen LogP contribution in [0.1, 0.15) is 22.3 Å². The Balaban J connectivity index is 2.05. The van der Waals surface area contributed by atoms with Crippen molar-refractivity contribution in [2.24, 2.45) is 0 Å². The summed E-state index contributed by atoms with van der Waals surface area (Å²) in [5.41, 5.74) is 1.66. The number of halogens is 2. The summed E-state index contributed by atoms with van der Waals surface area (Å²) >= 11 is 0. The Kier molecular flexibility index (Phi) is 3.01. The van der Waals surface area contributed by atoms with Crippen molar-refractivity contribution in [1.82, 2.24) is 5.32 Å². The van der Waals surface area contributed by atoms with Gasteiger partial charge in [0.05, 0.1) is 5.56 Å².